The fourth-order valence-corrected chi connectivity index (χ4v) is 2.89. The highest BCUT2D eigenvalue weighted by molar-refractivity contribution is 7.99. The molecule has 1 heterocycles. The van der Waals surface area contributed by atoms with E-state index < -0.39 is 0 Å². The van der Waals surface area contributed by atoms with E-state index in [0.29, 0.717) is 0 Å². The van der Waals surface area contributed by atoms with Crippen molar-refractivity contribution in [3.8, 4) is 0 Å². The Balaban J connectivity index is 2.06. The molecule has 0 bridgehead atoms. The number of hydrogen-bond donors (Lipinski definition) is 1. The summed E-state index contributed by atoms with van der Waals surface area (Å²) in [5.74, 6) is 0. The largest absolute Gasteiger partial charge is 0.309 e. The molecule has 2 aromatic rings. The van der Waals surface area contributed by atoms with Crippen LogP contribution in [-0.4, -0.2) is 11.5 Å². The number of aromatic nitrogens is 1. The van der Waals surface area contributed by atoms with Crippen LogP contribution in [0.3, 0.4) is 0 Å². The summed E-state index contributed by atoms with van der Waals surface area (Å²) in [5, 5.41) is 4.11. The Morgan fingerprint density at radius 3 is 2.74 bits per heavy atom. The molecular formula is C15H17ClN2S. The van der Waals surface area contributed by atoms with Gasteiger partial charge in [-0.15, -0.1) is 0 Å². The molecule has 0 aliphatic carbocycles. The first-order valence-electron chi connectivity index (χ1n) is 6.32. The fraction of sp³-hybridized carbons (Fsp3) is 0.267. The zero-order valence-electron chi connectivity index (χ0n) is 11.1. The number of halogens is 1. The molecule has 1 atom stereocenters. The molecule has 1 aromatic heterocycles. The monoisotopic (exact) mass is 292 g/mol. The third-order valence-corrected chi connectivity index (χ3v) is 3.95. The van der Waals surface area contributed by atoms with Crippen LogP contribution >= 0.6 is 23.4 Å². The lowest BCUT2D eigenvalue weighted by atomic mass is 10.2. The minimum absolute atomic E-state index is 0.287. The van der Waals surface area contributed by atoms with Crippen LogP contribution in [0, 0.1) is 0 Å². The third kappa shape index (κ3) is 4.23. The van der Waals surface area contributed by atoms with E-state index in [1.807, 2.05) is 30.5 Å². The molecule has 0 aliphatic rings. The molecular weight excluding hydrogens is 276 g/mol. The first-order chi connectivity index (χ1) is 9.19. The summed E-state index contributed by atoms with van der Waals surface area (Å²) >= 11 is 7.64. The van der Waals surface area contributed by atoms with E-state index in [-0.39, 0.29) is 6.04 Å². The van der Waals surface area contributed by atoms with Crippen molar-refractivity contribution in [1.82, 2.24) is 10.3 Å². The zero-order chi connectivity index (χ0) is 13.7. The van der Waals surface area contributed by atoms with Gasteiger partial charge in [-0.1, -0.05) is 36.4 Å². The van der Waals surface area contributed by atoms with E-state index in [4.69, 9.17) is 11.6 Å². The molecule has 19 heavy (non-hydrogen) atoms. The average Bonchev–Trinajstić information content (AvgIpc) is 2.40. The maximum absolute atomic E-state index is 5.98. The molecule has 0 saturated carbocycles. The quantitative estimate of drug-likeness (QED) is 0.874. The molecule has 1 aromatic carbocycles. The summed E-state index contributed by atoms with van der Waals surface area (Å²) in [5.41, 5.74) is 1.07. The highest BCUT2D eigenvalue weighted by Crippen LogP contribution is 2.29. The lowest BCUT2D eigenvalue weighted by molar-refractivity contribution is 0.582. The van der Waals surface area contributed by atoms with Gasteiger partial charge in [0, 0.05) is 27.1 Å². The molecule has 1 unspecified atom stereocenters. The molecule has 0 amide bonds. The minimum atomic E-state index is 0.287. The number of nitrogens with zero attached hydrogens (tertiary/aromatic N) is 1. The molecule has 2 rings (SSSR count). The van der Waals surface area contributed by atoms with Crippen molar-refractivity contribution in [3.05, 3.63) is 53.3 Å². The molecule has 0 radical (unpaired) electrons. The predicted octanol–water partition coefficient (Wildman–Crippen LogP) is 4.56. The van der Waals surface area contributed by atoms with Gasteiger partial charge in [0.15, 0.2) is 0 Å². The van der Waals surface area contributed by atoms with Gasteiger partial charge in [0.25, 0.3) is 0 Å². The normalized spacial score (nSPS) is 12.4. The average molecular weight is 293 g/mol. The summed E-state index contributed by atoms with van der Waals surface area (Å²) in [6, 6.07) is 12.3. The van der Waals surface area contributed by atoms with Gasteiger partial charge in [0.2, 0.25) is 0 Å². The molecule has 0 aliphatic heterocycles. The number of rotatable bonds is 5. The molecule has 0 fully saturated rings. The lowest BCUT2D eigenvalue weighted by Gasteiger charge is -2.11. The molecule has 2 nitrogen and oxygen atoms in total. The van der Waals surface area contributed by atoms with Gasteiger partial charge in [0.05, 0.1) is 5.69 Å². The van der Waals surface area contributed by atoms with Crippen LogP contribution in [0.2, 0.25) is 5.02 Å². The van der Waals surface area contributed by atoms with E-state index in [9.17, 15) is 0 Å². The second-order valence-corrected chi connectivity index (χ2v) is 5.84. The van der Waals surface area contributed by atoms with E-state index in [0.717, 1.165) is 27.1 Å². The Morgan fingerprint density at radius 1 is 1.26 bits per heavy atom. The van der Waals surface area contributed by atoms with Gasteiger partial charge in [-0.25, -0.2) is 0 Å². The molecule has 4 heteroatoms. The maximum Gasteiger partial charge on any atom is 0.0571 e. The van der Waals surface area contributed by atoms with Gasteiger partial charge in [0.1, 0.15) is 0 Å². The second-order valence-electron chi connectivity index (χ2n) is 4.26. The molecule has 100 valence electrons. The number of nitrogens with one attached hydrogen (secondary N) is 1. The van der Waals surface area contributed by atoms with Gasteiger partial charge in [-0.3, -0.25) is 4.98 Å². The van der Waals surface area contributed by atoms with Crippen molar-refractivity contribution < 1.29 is 0 Å². The van der Waals surface area contributed by atoms with Crippen LogP contribution in [0.15, 0.2) is 52.4 Å². The van der Waals surface area contributed by atoms with Crippen molar-refractivity contribution >= 4 is 23.4 Å². The van der Waals surface area contributed by atoms with E-state index in [2.05, 4.69) is 36.3 Å². The maximum atomic E-state index is 5.98. The molecule has 1 N–H and O–H groups in total. The summed E-state index contributed by atoms with van der Waals surface area (Å²) in [4.78, 5) is 6.75. The Hall–Kier alpha value is -1.03. The lowest BCUT2D eigenvalue weighted by Crippen LogP contribution is -2.18. The molecule has 0 saturated heterocycles. The van der Waals surface area contributed by atoms with Gasteiger partial charge >= 0.3 is 0 Å². The first-order valence-corrected chi connectivity index (χ1v) is 7.51. The molecule has 0 spiro atoms. The summed E-state index contributed by atoms with van der Waals surface area (Å²) in [6.07, 6.45) is 1.91. The van der Waals surface area contributed by atoms with Crippen molar-refractivity contribution in [2.24, 2.45) is 0 Å². The van der Waals surface area contributed by atoms with Crippen molar-refractivity contribution in [2.45, 2.75) is 29.7 Å². The summed E-state index contributed by atoms with van der Waals surface area (Å²) in [7, 11) is 0. The highest BCUT2D eigenvalue weighted by atomic mass is 35.5. The van der Waals surface area contributed by atoms with Crippen LogP contribution in [0.1, 0.15) is 25.6 Å². The van der Waals surface area contributed by atoms with Crippen LogP contribution in [0.25, 0.3) is 0 Å². The zero-order valence-corrected chi connectivity index (χ0v) is 12.6. The van der Waals surface area contributed by atoms with E-state index in [1.165, 1.54) is 0 Å². The SMILES string of the molecule is CCNC(C)c1ccc(Sc2cccc(Cl)c2)cn1. The number of hydrogen-bond acceptors (Lipinski definition) is 3. The van der Waals surface area contributed by atoms with Crippen LogP contribution in [0.4, 0.5) is 0 Å². The predicted molar refractivity (Wildman–Crippen MR) is 81.9 cm³/mol. The van der Waals surface area contributed by atoms with Crippen LogP contribution < -0.4 is 5.32 Å². The first kappa shape index (κ1) is 14.4. The Morgan fingerprint density at radius 2 is 2.11 bits per heavy atom. The smallest absolute Gasteiger partial charge is 0.0571 e. The van der Waals surface area contributed by atoms with E-state index in [1.54, 1.807) is 11.8 Å². The highest BCUT2D eigenvalue weighted by Gasteiger charge is 2.05. The Kier molecular flexibility index (Phi) is 5.25. The Labute approximate surface area is 123 Å². The van der Waals surface area contributed by atoms with Gasteiger partial charge in [-0.2, -0.15) is 0 Å². The Bertz CT molecular complexity index is 528. The van der Waals surface area contributed by atoms with Crippen LogP contribution in [-0.2, 0) is 0 Å². The number of benzene rings is 1. The second kappa shape index (κ2) is 6.94. The minimum Gasteiger partial charge on any atom is -0.309 e. The fourth-order valence-electron chi connectivity index (χ4n) is 1.79. The van der Waals surface area contributed by atoms with E-state index >= 15 is 0 Å². The number of pyridine rings is 1. The third-order valence-electron chi connectivity index (χ3n) is 2.74. The van der Waals surface area contributed by atoms with Crippen LogP contribution in [0.5, 0.6) is 0 Å². The topological polar surface area (TPSA) is 24.9 Å². The van der Waals surface area contributed by atoms with Gasteiger partial charge < -0.3 is 5.32 Å². The van der Waals surface area contributed by atoms with Crippen molar-refractivity contribution in [2.75, 3.05) is 6.54 Å². The summed E-state index contributed by atoms with van der Waals surface area (Å²) in [6.45, 7) is 5.16. The van der Waals surface area contributed by atoms with Crippen molar-refractivity contribution in [3.63, 3.8) is 0 Å². The summed E-state index contributed by atoms with van der Waals surface area (Å²) < 4.78 is 0. The standard InChI is InChI=1S/C15H17ClN2S/c1-3-17-11(2)15-8-7-14(10-18-15)19-13-6-4-5-12(16)9-13/h4-11,17H,3H2,1-2H3. The van der Waals surface area contributed by atoms with Gasteiger partial charge in [-0.05, 0) is 43.8 Å². The van der Waals surface area contributed by atoms with Crippen molar-refractivity contribution in [1.29, 1.82) is 0 Å².